The number of aromatic nitrogens is 1. The van der Waals surface area contributed by atoms with Gasteiger partial charge >= 0.3 is 6.03 Å². The Morgan fingerprint density at radius 3 is 2.65 bits per heavy atom. The molecule has 6 rings (SSSR count). The summed E-state index contributed by atoms with van der Waals surface area (Å²) < 4.78 is 16.6. The molecule has 172 valence electrons. The molecule has 2 amide bonds. The van der Waals surface area contributed by atoms with E-state index < -0.39 is 0 Å². The van der Waals surface area contributed by atoms with Crippen molar-refractivity contribution in [2.45, 2.75) is 12.5 Å². The fourth-order valence-corrected chi connectivity index (χ4v) is 4.91. The van der Waals surface area contributed by atoms with E-state index in [1.54, 1.807) is 7.11 Å². The number of amides is 2. The lowest BCUT2D eigenvalue weighted by atomic mass is 9.92. The molecule has 0 aliphatic carbocycles. The molecule has 0 radical (unpaired) electrons. The average Bonchev–Trinajstić information content (AvgIpc) is 3.27. The molecule has 2 aliphatic heterocycles. The maximum absolute atomic E-state index is 13.6. The number of benzene rings is 3. The van der Waals surface area contributed by atoms with Gasteiger partial charge in [0, 0.05) is 34.9 Å². The van der Waals surface area contributed by atoms with E-state index in [1.165, 1.54) is 10.9 Å². The number of urea groups is 1. The van der Waals surface area contributed by atoms with E-state index in [1.807, 2.05) is 53.4 Å². The van der Waals surface area contributed by atoms with Crippen LogP contribution < -0.4 is 19.5 Å². The number of aromatic amines is 1. The van der Waals surface area contributed by atoms with Crippen molar-refractivity contribution < 1.29 is 19.0 Å². The van der Waals surface area contributed by atoms with E-state index in [0.717, 1.165) is 28.9 Å². The standard InChI is InChI=1S/C27H25N3O4/c1-32-19-9-6-17(7-10-19)26-25-21(20-4-2-3-5-22(20)29-25)12-13-30(26)27(31)28-18-8-11-23-24(16-18)34-15-14-33-23/h2-11,16,26,29H,12-15H2,1H3,(H,28,31). The number of ether oxygens (including phenoxy) is 3. The number of para-hydroxylation sites is 1. The number of carbonyl (C=O) groups excluding carboxylic acids is 1. The Bertz CT molecular complexity index is 1360. The third-order valence-electron chi connectivity index (χ3n) is 6.52. The third-order valence-corrected chi connectivity index (χ3v) is 6.52. The third kappa shape index (κ3) is 3.50. The highest BCUT2D eigenvalue weighted by molar-refractivity contribution is 5.92. The second kappa shape index (κ2) is 8.33. The number of anilines is 1. The molecule has 0 saturated carbocycles. The van der Waals surface area contributed by atoms with Crippen LogP contribution in [-0.4, -0.2) is 42.8 Å². The molecule has 2 aliphatic rings. The molecule has 3 aromatic carbocycles. The van der Waals surface area contributed by atoms with Crippen molar-refractivity contribution in [1.29, 1.82) is 0 Å². The zero-order valence-corrected chi connectivity index (χ0v) is 18.8. The Balaban J connectivity index is 1.37. The molecule has 0 bridgehead atoms. The van der Waals surface area contributed by atoms with Gasteiger partial charge in [0.25, 0.3) is 0 Å². The molecule has 4 aromatic rings. The summed E-state index contributed by atoms with van der Waals surface area (Å²) in [6, 6.07) is 21.3. The van der Waals surface area contributed by atoms with Gasteiger partial charge in [-0.2, -0.15) is 0 Å². The van der Waals surface area contributed by atoms with Crippen molar-refractivity contribution in [2.75, 3.05) is 32.2 Å². The molecular formula is C27H25N3O4. The minimum Gasteiger partial charge on any atom is -0.497 e. The van der Waals surface area contributed by atoms with Crippen LogP contribution in [0, 0.1) is 0 Å². The molecule has 2 N–H and O–H groups in total. The maximum Gasteiger partial charge on any atom is 0.322 e. The van der Waals surface area contributed by atoms with Gasteiger partial charge in [-0.05, 0) is 47.9 Å². The van der Waals surface area contributed by atoms with Gasteiger partial charge in [-0.3, -0.25) is 0 Å². The summed E-state index contributed by atoms with van der Waals surface area (Å²) in [6.45, 7) is 1.63. The Morgan fingerprint density at radius 2 is 1.82 bits per heavy atom. The van der Waals surface area contributed by atoms with E-state index in [0.29, 0.717) is 36.9 Å². The van der Waals surface area contributed by atoms with Crippen LogP contribution in [0.15, 0.2) is 66.7 Å². The number of hydrogen-bond donors (Lipinski definition) is 2. The Labute approximate surface area is 197 Å². The first-order valence-corrected chi connectivity index (χ1v) is 11.4. The molecule has 3 heterocycles. The van der Waals surface area contributed by atoms with Gasteiger partial charge in [-0.1, -0.05) is 30.3 Å². The molecule has 0 saturated heterocycles. The molecule has 0 spiro atoms. The summed E-state index contributed by atoms with van der Waals surface area (Å²) in [7, 11) is 1.65. The number of carbonyl (C=O) groups is 1. The zero-order valence-electron chi connectivity index (χ0n) is 18.8. The van der Waals surface area contributed by atoms with Gasteiger partial charge in [0.15, 0.2) is 11.5 Å². The first-order valence-electron chi connectivity index (χ1n) is 11.4. The number of nitrogens with one attached hydrogen (secondary N) is 2. The first kappa shape index (κ1) is 20.5. The highest BCUT2D eigenvalue weighted by Crippen LogP contribution is 2.39. The van der Waals surface area contributed by atoms with Gasteiger partial charge in [-0.15, -0.1) is 0 Å². The van der Waals surface area contributed by atoms with Crippen molar-refractivity contribution in [3.63, 3.8) is 0 Å². The molecule has 1 atom stereocenters. The number of nitrogens with zero attached hydrogens (tertiary/aromatic N) is 1. The van der Waals surface area contributed by atoms with Crippen molar-refractivity contribution in [2.24, 2.45) is 0 Å². The molecule has 1 aromatic heterocycles. The SMILES string of the molecule is COc1ccc(C2c3[nH]c4ccccc4c3CCN2C(=O)Nc2ccc3c(c2)OCCO3)cc1. The topological polar surface area (TPSA) is 75.8 Å². The van der Waals surface area contributed by atoms with E-state index in [-0.39, 0.29) is 12.1 Å². The Morgan fingerprint density at radius 1 is 1.03 bits per heavy atom. The fraction of sp³-hybridized carbons (Fsp3) is 0.222. The summed E-state index contributed by atoms with van der Waals surface area (Å²) in [5, 5.41) is 4.27. The number of H-pyrrole nitrogens is 1. The van der Waals surface area contributed by atoms with Gasteiger partial charge in [0.1, 0.15) is 19.0 Å². The van der Waals surface area contributed by atoms with E-state index >= 15 is 0 Å². The quantitative estimate of drug-likeness (QED) is 0.449. The van der Waals surface area contributed by atoms with Crippen LogP contribution in [0.5, 0.6) is 17.2 Å². The van der Waals surface area contributed by atoms with Crippen LogP contribution in [0.2, 0.25) is 0 Å². The predicted molar refractivity (Wildman–Crippen MR) is 130 cm³/mol. The van der Waals surface area contributed by atoms with E-state index in [9.17, 15) is 4.79 Å². The van der Waals surface area contributed by atoms with Crippen molar-refractivity contribution in [3.05, 3.63) is 83.6 Å². The van der Waals surface area contributed by atoms with Gasteiger partial charge in [0.2, 0.25) is 0 Å². The minimum absolute atomic E-state index is 0.165. The molecule has 0 fully saturated rings. The van der Waals surface area contributed by atoms with Crippen molar-refractivity contribution in [1.82, 2.24) is 9.88 Å². The smallest absolute Gasteiger partial charge is 0.322 e. The second-order valence-corrected chi connectivity index (χ2v) is 8.47. The zero-order chi connectivity index (χ0) is 23.1. The lowest BCUT2D eigenvalue weighted by Gasteiger charge is -2.36. The summed E-state index contributed by atoms with van der Waals surface area (Å²) in [5.41, 5.74) is 5.09. The Kier molecular flexibility index (Phi) is 5.02. The van der Waals surface area contributed by atoms with Gasteiger partial charge in [0.05, 0.1) is 13.2 Å². The van der Waals surface area contributed by atoms with Gasteiger partial charge in [-0.25, -0.2) is 4.79 Å². The maximum atomic E-state index is 13.6. The summed E-state index contributed by atoms with van der Waals surface area (Å²) in [5.74, 6) is 2.12. The van der Waals surface area contributed by atoms with Crippen LogP contribution in [0.25, 0.3) is 10.9 Å². The normalized spacial score (nSPS) is 16.7. The number of fused-ring (bicyclic) bond motifs is 4. The highest BCUT2D eigenvalue weighted by atomic mass is 16.6. The van der Waals surface area contributed by atoms with E-state index in [4.69, 9.17) is 14.2 Å². The van der Waals surface area contributed by atoms with Crippen LogP contribution in [0.3, 0.4) is 0 Å². The van der Waals surface area contributed by atoms with Gasteiger partial charge < -0.3 is 29.4 Å². The van der Waals surface area contributed by atoms with E-state index in [2.05, 4.69) is 28.5 Å². The number of rotatable bonds is 3. The predicted octanol–water partition coefficient (Wildman–Crippen LogP) is 5.13. The van der Waals surface area contributed by atoms with Crippen LogP contribution >= 0.6 is 0 Å². The van der Waals surface area contributed by atoms with Crippen molar-refractivity contribution >= 4 is 22.6 Å². The summed E-state index contributed by atoms with van der Waals surface area (Å²) in [4.78, 5) is 19.1. The minimum atomic E-state index is -0.251. The fourth-order valence-electron chi connectivity index (χ4n) is 4.91. The summed E-state index contributed by atoms with van der Waals surface area (Å²) >= 11 is 0. The molecule has 1 unspecified atom stereocenters. The summed E-state index contributed by atoms with van der Waals surface area (Å²) in [6.07, 6.45) is 0.778. The van der Waals surface area contributed by atoms with Crippen molar-refractivity contribution in [3.8, 4) is 17.2 Å². The van der Waals surface area contributed by atoms with Crippen LogP contribution in [-0.2, 0) is 6.42 Å². The molecule has 7 nitrogen and oxygen atoms in total. The molecule has 34 heavy (non-hydrogen) atoms. The highest BCUT2D eigenvalue weighted by Gasteiger charge is 2.34. The lowest BCUT2D eigenvalue weighted by molar-refractivity contribution is 0.171. The lowest BCUT2D eigenvalue weighted by Crippen LogP contribution is -2.43. The largest absolute Gasteiger partial charge is 0.497 e. The monoisotopic (exact) mass is 455 g/mol. The Hall–Kier alpha value is -4.13. The molecule has 7 heteroatoms. The second-order valence-electron chi connectivity index (χ2n) is 8.47. The molecular weight excluding hydrogens is 430 g/mol. The van der Waals surface area contributed by atoms with Crippen LogP contribution in [0.1, 0.15) is 22.9 Å². The average molecular weight is 456 g/mol. The van der Waals surface area contributed by atoms with Crippen LogP contribution in [0.4, 0.5) is 10.5 Å². The number of hydrogen-bond acceptors (Lipinski definition) is 4. The first-order chi connectivity index (χ1) is 16.7. The number of methoxy groups -OCH3 is 1.